The van der Waals surface area contributed by atoms with Crippen LogP contribution in [0.1, 0.15) is 53.4 Å². The molecule has 0 saturated heterocycles. The van der Waals surface area contributed by atoms with E-state index in [0.29, 0.717) is 10.8 Å². The SMILES string of the molecule is CCC(C)(CN)CC(C)(CC)CCN. The Morgan fingerprint density at radius 3 is 1.71 bits per heavy atom. The van der Waals surface area contributed by atoms with E-state index in [0.717, 1.165) is 25.9 Å². The fourth-order valence-electron chi connectivity index (χ4n) is 2.11. The van der Waals surface area contributed by atoms with E-state index in [4.69, 9.17) is 11.5 Å². The first-order chi connectivity index (χ1) is 6.45. The summed E-state index contributed by atoms with van der Waals surface area (Å²) in [5, 5.41) is 0. The number of hydrogen-bond donors (Lipinski definition) is 2. The molecule has 0 heterocycles. The lowest BCUT2D eigenvalue weighted by atomic mass is 9.69. The molecule has 0 aliphatic heterocycles. The molecular weight excluding hydrogens is 172 g/mol. The van der Waals surface area contributed by atoms with Crippen molar-refractivity contribution in [2.45, 2.75) is 53.4 Å². The Balaban J connectivity index is 4.41. The quantitative estimate of drug-likeness (QED) is 0.663. The molecule has 0 aromatic rings. The highest BCUT2D eigenvalue weighted by Crippen LogP contribution is 2.40. The van der Waals surface area contributed by atoms with Gasteiger partial charge in [-0.1, -0.05) is 34.1 Å². The number of nitrogens with two attached hydrogens (primary N) is 2. The maximum atomic E-state index is 5.84. The zero-order chi connectivity index (χ0) is 11.2. The molecule has 0 aliphatic rings. The molecule has 2 unspecified atom stereocenters. The van der Waals surface area contributed by atoms with E-state index in [1.54, 1.807) is 0 Å². The summed E-state index contributed by atoms with van der Waals surface area (Å²) in [5.41, 5.74) is 12.2. The first kappa shape index (κ1) is 13.9. The molecule has 0 aromatic carbocycles. The van der Waals surface area contributed by atoms with Crippen molar-refractivity contribution in [2.75, 3.05) is 13.1 Å². The predicted octanol–water partition coefficient (Wildman–Crippen LogP) is 2.52. The first-order valence-electron chi connectivity index (χ1n) is 5.85. The minimum atomic E-state index is 0.292. The van der Waals surface area contributed by atoms with Gasteiger partial charge in [-0.2, -0.15) is 0 Å². The lowest BCUT2D eigenvalue weighted by Gasteiger charge is -2.38. The van der Waals surface area contributed by atoms with Crippen molar-refractivity contribution in [2.24, 2.45) is 22.3 Å². The summed E-state index contributed by atoms with van der Waals surface area (Å²) < 4.78 is 0. The molecule has 0 rings (SSSR count). The van der Waals surface area contributed by atoms with Gasteiger partial charge in [0.25, 0.3) is 0 Å². The third-order valence-corrected chi connectivity index (χ3v) is 3.80. The van der Waals surface area contributed by atoms with Gasteiger partial charge in [-0.15, -0.1) is 0 Å². The van der Waals surface area contributed by atoms with Gasteiger partial charge in [-0.25, -0.2) is 0 Å². The van der Waals surface area contributed by atoms with Crippen LogP contribution < -0.4 is 11.5 Å². The molecule has 2 nitrogen and oxygen atoms in total. The van der Waals surface area contributed by atoms with Gasteiger partial charge in [0.05, 0.1) is 0 Å². The van der Waals surface area contributed by atoms with Crippen molar-refractivity contribution < 1.29 is 0 Å². The summed E-state index contributed by atoms with van der Waals surface area (Å²) in [6.07, 6.45) is 4.66. The summed E-state index contributed by atoms with van der Waals surface area (Å²) in [6, 6.07) is 0. The minimum Gasteiger partial charge on any atom is -0.330 e. The Morgan fingerprint density at radius 2 is 1.43 bits per heavy atom. The molecule has 0 fully saturated rings. The number of hydrogen-bond acceptors (Lipinski definition) is 2. The zero-order valence-corrected chi connectivity index (χ0v) is 10.4. The van der Waals surface area contributed by atoms with E-state index < -0.39 is 0 Å². The molecule has 0 aliphatic carbocycles. The normalized spacial score (nSPS) is 20.1. The van der Waals surface area contributed by atoms with Gasteiger partial charge in [-0.05, 0) is 43.2 Å². The molecule has 4 N–H and O–H groups in total. The Kier molecular flexibility index (Phi) is 5.68. The van der Waals surface area contributed by atoms with Crippen molar-refractivity contribution in [3.05, 3.63) is 0 Å². The maximum Gasteiger partial charge on any atom is -0.00231 e. The van der Waals surface area contributed by atoms with Crippen LogP contribution in [0, 0.1) is 10.8 Å². The maximum absolute atomic E-state index is 5.84. The van der Waals surface area contributed by atoms with E-state index in [2.05, 4.69) is 27.7 Å². The molecule has 0 amide bonds. The predicted molar refractivity (Wildman–Crippen MR) is 64.1 cm³/mol. The molecule has 86 valence electrons. The molecule has 0 bridgehead atoms. The van der Waals surface area contributed by atoms with Crippen LogP contribution in [-0.2, 0) is 0 Å². The van der Waals surface area contributed by atoms with E-state index >= 15 is 0 Å². The smallest absolute Gasteiger partial charge is 0.00231 e. The van der Waals surface area contributed by atoms with Gasteiger partial charge in [0, 0.05) is 0 Å². The van der Waals surface area contributed by atoms with E-state index in [1.807, 2.05) is 0 Å². The monoisotopic (exact) mass is 200 g/mol. The topological polar surface area (TPSA) is 52.0 Å². The molecule has 0 saturated carbocycles. The second-order valence-corrected chi connectivity index (χ2v) is 5.25. The minimum absolute atomic E-state index is 0.292. The molecule has 2 atom stereocenters. The van der Waals surface area contributed by atoms with Crippen molar-refractivity contribution >= 4 is 0 Å². The van der Waals surface area contributed by atoms with Crippen LogP contribution in [0.25, 0.3) is 0 Å². The van der Waals surface area contributed by atoms with Gasteiger partial charge in [0.1, 0.15) is 0 Å². The molecule has 0 aromatic heterocycles. The average molecular weight is 200 g/mol. The first-order valence-corrected chi connectivity index (χ1v) is 5.85. The van der Waals surface area contributed by atoms with Crippen LogP contribution in [0.5, 0.6) is 0 Å². The lowest BCUT2D eigenvalue weighted by molar-refractivity contribution is 0.146. The van der Waals surface area contributed by atoms with Crippen LogP contribution >= 0.6 is 0 Å². The number of rotatable bonds is 7. The van der Waals surface area contributed by atoms with Crippen LogP contribution in [0.4, 0.5) is 0 Å². The van der Waals surface area contributed by atoms with Crippen molar-refractivity contribution in [3.63, 3.8) is 0 Å². The van der Waals surface area contributed by atoms with Gasteiger partial charge >= 0.3 is 0 Å². The van der Waals surface area contributed by atoms with Gasteiger partial charge in [0.2, 0.25) is 0 Å². The summed E-state index contributed by atoms with van der Waals surface area (Å²) in [6.45, 7) is 10.7. The fourth-order valence-corrected chi connectivity index (χ4v) is 2.11. The molecule has 0 radical (unpaired) electrons. The Labute approximate surface area is 89.4 Å². The van der Waals surface area contributed by atoms with Crippen LogP contribution in [0.2, 0.25) is 0 Å². The molecule has 14 heavy (non-hydrogen) atoms. The third kappa shape index (κ3) is 3.97. The van der Waals surface area contributed by atoms with Gasteiger partial charge in [-0.3, -0.25) is 0 Å². The summed E-state index contributed by atoms with van der Waals surface area (Å²) in [5.74, 6) is 0. The molecular formula is C12H28N2. The van der Waals surface area contributed by atoms with Crippen molar-refractivity contribution in [1.82, 2.24) is 0 Å². The van der Waals surface area contributed by atoms with E-state index in [1.165, 1.54) is 12.8 Å². The van der Waals surface area contributed by atoms with Crippen LogP contribution in [-0.4, -0.2) is 13.1 Å². The van der Waals surface area contributed by atoms with Gasteiger partial charge in [0.15, 0.2) is 0 Å². The zero-order valence-electron chi connectivity index (χ0n) is 10.4. The Hall–Kier alpha value is -0.0800. The highest BCUT2D eigenvalue weighted by molar-refractivity contribution is 4.84. The van der Waals surface area contributed by atoms with Crippen molar-refractivity contribution in [1.29, 1.82) is 0 Å². The van der Waals surface area contributed by atoms with E-state index in [9.17, 15) is 0 Å². The van der Waals surface area contributed by atoms with Crippen LogP contribution in [0.3, 0.4) is 0 Å². The average Bonchev–Trinajstić information content (AvgIpc) is 2.18. The van der Waals surface area contributed by atoms with Crippen LogP contribution in [0.15, 0.2) is 0 Å². The molecule has 0 spiro atoms. The Bertz CT molecular complexity index is 152. The summed E-state index contributed by atoms with van der Waals surface area (Å²) in [7, 11) is 0. The van der Waals surface area contributed by atoms with Gasteiger partial charge < -0.3 is 11.5 Å². The highest BCUT2D eigenvalue weighted by Gasteiger charge is 2.31. The fraction of sp³-hybridized carbons (Fsp3) is 1.00. The van der Waals surface area contributed by atoms with Crippen molar-refractivity contribution in [3.8, 4) is 0 Å². The molecule has 2 heteroatoms. The second kappa shape index (κ2) is 5.72. The lowest BCUT2D eigenvalue weighted by Crippen LogP contribution is -2.34. The Morgan fingerprint density at radius 1 is 0.929 bits per heavy atom. The standard InChI is InChI=1S/C12H28N2/c1-5-11(3,7-8-13)9-12(4,6-2)10-14/h5-10,13-14H2,1-4H3. The van der Waals surface area contributed by atoms with E-state index in [-0.39, 0.29) is 0 Å². The summed E-state index contributed by atoms with van der Waals surface area (Å²) >= 11 is 0. The third-order valence-electron chi connectivity index (χ3n) is 3.80. The highest BCUT2D eigenvalue weighted by atomic mass is 14.6. The second-order valence-electron chi connectivity index (χ2n) is 5.25. The summed E-state index contributed by atoms with van der Waals surface area (Å²) in [4.78, 5) is 0. The largest absolute Gasteiger partial charge is 0.330 e.